The smallest absolute Gasteiger partial charge is 0.156 e. The maximum absolute atomic E-state index is 6.14. The van der Waals surface area contributed by atoms with Crippen LogP contribution >= 0.6 is 11.6 Å². The molecule has 1 saturated heterocycles. The number of rotatable bonds is 6. The summed E-state index contributed by atoms with van der Waals surface area (Å²) in [7, 11) is 3.31. The van der Waals surface area contributed by atoms with Crippen LogP contribution in [-0.4, -0.2) is 43.3 Å². The van der Waals surface area contributed by atoms with Crippen molar-refractivity contribution in [2.45, 2.75) is 19.1 Å². The van der Waals surface area contributed by atoms with Crippen LogP contribution < -0.4 is 15.0 Å². The van der Waals surface area contributed by atoms with Gasteiger partial charge in [0.15, 0.2) is 5.82 Å². The molecule has 3 rings (SSSR count). The van der Waals surface area contributed by atoms with E-state index in [0.717, 1.165) is 36.8 Å². The molecule has 128 valence electrons. The lowest BCUT2D eigenvalue weighted by Crippen LogP contribution is -2.26. The van der Waals surface area contributed by atoms with E-state index in [1.165, 1.54) is 0 Å². The summed E-state index contributed by atoms with van der Waals surface area (Å²) in [6, 6.07) is 7.87. The third-order valence-corrected chi connectivity index (χ3v) is 4.24. The molecular formula is C17H21ClN4O2. The predicted molar refractivity (Wildman–Crippen MR) is 95.0 cm³/mol. The summed E-state index contributed by atoms with van der Waals surface area (Å²) in [5.74, 6) is 2.33. The third-order valence-electron chi connectivity index (χ3n) is 4.00. The van der Waals surface area contributed by atoms with Gasteiger partial charge in [0.25, 0.3) is 0 Å². The number of nitrogens with one attached hydrogen (secondary N) is 1. The van der Waals surface area contributed by atoms with Gasteiger partial charge < -0.3 is 19.7 Å². The van der Waals surface area contributed by atoms with Gasteiger partial charge >= 0.3 is 0 Å². The summed E-state index contributed by atoms with van der Waals surface area (Å²) < 4.78 is 10.5. The van der Waals surface area contributed by atoms with Crippen LogP contribution in [0.3, 0.4) is 0 Å². The molecule has 1 aromatic carbocycles. The molecule has 2 aromatic rings. The van der Waals surface area contributed by atoms with Gasteiger partial charge in [-0.3, -0.25) is 0 Å². The molecule has 1 N–H and O–H groups in total. The zero-order chi connectivity index (χ0) is 16.9. The van der Waals surface area contributed by atoms with Gasteiger partial charge in [0, 0.05) is 37.5 Å². The van der Waals surface area contributed by atoms with Crippen LogP contribution in [0.15, 0.2) is 30.5 Å². The predicted octanol–water partition coefficient (Wildman–Crippen LogP) is 2.98. The largest absolute Gasteiger partial charge is 0.495 e. The first-order valence-electron chi connectivity index (χ1n) is 7.85. The molecule has 1 aliphatic rings. The highest BCUT2D eigenvalue weighted by Gasteiger charge is 2.25. The molecule has 0 radical (unpaired) electrons. The Hall–Kier alpha value is -2.05. The maximum Gasteiger partial charge on any atom is 0.156 e. The summed E-state index contributed by atoms with van der Waals surface area (Å²) in [5, 5.41) is 4.18. The first-order chi connectivity index (χ1) is 11.7. The van der Waals surface area contributed by atoms with Crippen LogP contribution in [0, 0.1) is 0 Å². The Labute approximate surface area is 146 Å². The molecule has 1 atom stereocenters. The summed E-state index contributed by atoms with van der Waals surface area (Å²) in [5.41, 5.74) is 1.03. The molecule has 0 bridgehead atoms. The molecule has 0 amide bonds. The SMILES string of the molecule is COCc1nccc(NC2CCN(c3cc(Cl)ccc3OC)C2)n1. The lowest BCUT2D eigenvalue weighted by molar-refractivity contribution is 0.178. The molecule has 6 nitrogen and oxygen atoms in total. The van der Waals surface area contributed by atoms with Gasteiger partial charge in [-0.15, -0.1) is 0 Å². The van der Waals surface area contributed by atoms with Crippen LogP contribution in [0.25, 0.3) is 0 Å². The van der Waals surface area contributed by atoms with Crippen molar-refractivity contribution in [3.63, 3.8) is 0 Å². The second-order valence-electron chi connectivity index (χ2n) is 5.68. The Morgan fingerprint density at radius 1 is 1.33 bits per heavy atom. The van der Waals surface area contributed by atoms with E-state index in [0.29, 0.717) is 23.5 Å². The zero-order valence-electron chi connectivity index (χ0n) is 13.8. The molecule has 7 heteroatoms. The van der Waals surface area contributed by atoms with Crippen LogP contribution in [-0.2, 0) is 11.3 Å². The highest BCUT2D eigenvalue weighted by Crippen LogP contribution is 2.33. The van der Waals surface area contributed by atoms with Crippen molar-refractivity contribution in [3.8, 4) is 5.75 Å². The summed E-state index contributed by atoms with van der Waals surface area (Å²) in [6.07, 6.45) is 2.76. The van der Waals surface area contributed by atoms with Gasteiger partial charge in [-0.05, 0) is 30.7 Å². The molecule has 1 aromatic heterocycles. The molecule has 1 aliphatic heterocycles. The fraction of sp³-hybridized carbons (Fsp3) is 0.412. The molecule has 24 heavy (non-hydrogen) atoms. The first-order valence-corrected chi connectivity index (χ1v) is 8.23. The van der Waals surface area contributed by atoms with Crippen molar-refractivity contribution < 1.29 is 9.47 Å². The number of aromatic nitrogens is 2. The zero-order valence-corrected chi connectivity index (χ0v) is 14.6. The van der Waals surface area contributed by atoms with Crippen LogP contribution in [0.2, 0.25) is 5.02 Å². The summed E-state index contributed by atoms with van der Waals surface area (Å²) in [4.78, 5) is 10.9. The number of ether oxygens (including phenoxy) is 2. The maximum atomic E-state index is 6.14. The third kappa shape index (κ3) is 3.88. The number of methoxy groups -OCH3 is 2. The second-order valence-corrected chi connectivity index (χ2v) is 6.12. The highest BCUT2D eigenvalue weighted by atomic mass is 35.5. The van der Waals surface area contributed by atoms with Gasteiger partial charge in [0.2, 0.25) is 0 Å². The van der Waals surface area contributed by atoms with Crippen LogP contribution in [0.4, 0.5) is 11.5 Å². The standard InChI is InChI=1S/C17H21ClN4O2/c1-23-11-17-19-7-5-16(21-17)20-13-6-8-22(10-13)14-9-12(18)3-4-15(14)24-2/h3-5,7,9,13H,6,8,10-11H2,1-2H3,(H,19,20,21). The Kier molecular flexibility index (Phi) is 5.37. The van der Waals surface area contributed by atoms with Crippen molar-refractivity contribution in [1.29, 1.82) is 0 Å². The van der Waals surface area contributed by atoms with E-state index < -0.39 is 0 Å². The Bertz CT molecular complexity index is 698. The molecule has 0 aliphatic carbocycles. The van der Waals surface area contributed by atoms with E-state index in [-0.39, 0.29) is 0 Å². The quantitative estimate of drug-likeness (QED) is 0.866. The Morgan fingerprint density at radius 3 is 3.00 bits per heavy atom. The molecule has 0 saturated carbocycles. The second kappa shape index (κ2) is 7.68. The van der Waals surface area contributed by atoms with Crippen LogP contribution in [0.1, 0.15) is 12.2 Å². The minimum atomic E-state index is 0.305. The van der Waals surface area contributed by atoms with E-state index in [9.17, 15) is 0 Å². The van der Waals surface area contributed by atoms with E-state index in [1.807, 2.05) is 24.3 Å². The number of nitrogens with zero attached hydrogens (tertiary/aromatic N) is 3. The minimum Gasteiger partial charge on any atom is -0.495 e. The van der Waals surface area contributed by atoms with Crippen molar-refractivity contribution in [1.82, 2.24) is 9.97 Å². The summed E-state index contributed by atoms with van der Waals surface area (Å²) >= 11 is 6.14. The van der Waals surface area contributed by atoms with Crippen molar-refractivity contribution in [2.24, 2.45) is 0 Å². The average Bonchev–Trinajstić information content (AvgIpc) is 3.04. The highest BCUT2D eigenvalue weighted by molar-refractivity contribution is 6.30. The number of benzene rings is 1. The molecule has 0 spiro atoms. The van der Waals surface area contributed by atoms with E-state index >= 15 is 0 Å². The number of halogens is 1. The molecule has 1 fully saturated rings. The Balaban J connectivity index is 1.67. The Morgan fingerprint density at radius 2 is 2.21 bits per heavy atom. The number of hydrogen-bond donors (Lipinski definition) is 1. The van der Waals surface area contributed by atoms with E-state index in [1.54, 1.807) is 20.4 Å². The number of hydrogen-bond acceptors (Lipinski definition) is 6. The van der Waals surface area contributed by atoms with Crippen molar-refractivity contribution in [2.75, 3.05) is 37.5 Å². The topological polar surface area (TPSA) is 59.5 Å². The van der Waals surface area contributed by atoms with Gasteiger partial charge in [-0.1, -0.05) is 11.6 Å². The van der Waals surface area contributed by atoms with Gasteiger partial charge in [0.05, 0.1) is 12.8 Å². The first kappa shape index (κ1) is 16.8. The van der Waals surface area contributed by atoms with E-state index in [2.05, 4.69) is 20.2 Å². The minimum absolute atomic E-state index is 0.305. The van der Waals surface area contributed by atoms with Gasteiger partial charge in [-0.2, -0.15) is 0 Å². The number of anilines is 2. The average molecular weight is 349 g/mol. The lowest BCUT2D eigenvalue weighted by atomic mass is 10.2. The summed E-state index contributed by atoms with van der Waals surface area (Å²) in [6.45, 7) is 2.21. The van der Waals surface area contributed by atoms with E-state index in [4.69, 9.17) is 21.1 Å². The molecule has 2 heterocycles. The molecular weight excluding hydrogens is 328 g/mol. The normalized spacial score (nSPS) is 17.1. The molecule has 1 unspecified atom stereocenters. The van der Waals surface area contributed by atoms with Gasteiger partial charge in [0.1, 0.15) is 18.2 Å². The van der Waals surface area contributed by atoms with Crippen LogP contribution in [0.5, 0.6) is 5.75 Å². The fourth-order valence-electron chi connectivity index (χ4n) is 2.89. The fourth-order valence-corrected chi connectivity index (χ4v) is 3.06. The van der Waals surface area contributed by atoms with Crippen molar-refractivity contribution in [3.05, 3.63) is 41.3 Å². The lowest BCUT2D eigenvalue weighted by Gasteiger charge is -2.22. The monoisotopic (exact) mass is 348 g/mol. The van der Waals surface area contributed by atoms with Gasteiger partial charge in [-0.25, -0.2) is 9.97 Å². The van der Waals surface area contributed by atoms with Crippen molar-refractivity contribution >= 4 is 23.1 Å².